The first-order valence-electron chi connectivity index (χ1n) is 6.41. The maximum atomic E-state index is 12.3. The second-order valence-electron chi connectivity index (χ2n) is 5.07. The summed E-state index contributed by atoms with van der Waals surface area (Å²) in [5.74, 6) is 0.123. The zero-order valence-corrected chi connectivity index (χ0v) is 10.3. The molecular formula is C12H21N3O2. The highest BCUT2D eigenvalue weighted by molar-refractivity contribution is 5.89. The van der Waals surface area contributed by atoms with Crippen molar-refractivity contribution in [1.29, 1.82) is 0 Å². The quantitative estimate of drug-likeness (QED) is 0.703. The first-order chi connectivity index (χ1) is 8.13. The number of carbonyl (C=O) groups excluding carboxylic acids is 2. The normalized spacial score (nSPS) is 32.8. The molecule has 0 unspecified atom stereocenters. The largest absolute Gasteiger partial charge is 0.357 e. The predicted molar refractivity (Wildman–Crippen MR) is 64.1 cm³/mol. The SMILES string of the molecule is CNC(=O)[C@@H]1CCCN1C(=O)[C@H]1CC[C@@H](N)C1. The molecule has 2 amide bonds. The second-order valence-corrected chi connectivity index (χ2v) is 5.07. The van der Waals surface area contributed by atoms with Gasteiger partial charge in [-0.2, -0.15) is 0 Å². The van der Waals surface area contributed by atoms with Crippen molar-refractivity contribution in [2.75, 3.05) is 13.6 Å². The molecule has 1 heterocycles. The molecule has 0 aromatic rings. The summed E-state index contributed by atoms with van der Waals surface area (Å²) in [6, 6.07) is -0.102. The van der Waals surface area contributed by atoms with Crippen molar-refractivity contribution >= 4 is 11.8 Å². The third kappa shape index (κ3) is 2.44. The molecule has 17 heavy (non-hydrogen) atoms. The van der Waals surface area contributed by atoms with Gasteiger partial charge in [0.25, 0.3) is 0 Å². The maximum Gasteiger partial charge on any atom is 0.242 e. The van der Waals surface area contributed by atoms with Crippen LogP contribution in [0.4, 0.5) is 0 Å². The second kappa shape index (κ2) is 5.04. The fourth-order valence-electron chi connectivity index (χ4n) is 2.94. The van der Waals surface area contributed by atoms with Crippen molar-refractivity contribution in [3.05, 3.63) is 0 Å². The highest BCUT2D eigenvalue weighted by Crippen LogP contribution is 2.29. The van der Waals surface area contributed by atoms with Crippen LogP contribution in [0, 0.1) is 5.92 Å². The molecule has 0 aromatic carbocycles. The van der Waals surface area contributed by atoms with Gasteiger partial charge in [-0.1, -0.05) is 0 Å². The van der Waals surface area contributed by atoms with Crippen LogP contribution in [0.2, 0.25) is 0 Å². The van der Waals surface area contributed by atoms with E-state index < -0.39 is 0 Å². The van der Waals surface area contributed by atoms with Gasteiger partial charge in [0.05, 0.1) is 0 Å². The number of likely N-dealkylation sites (tertiary alicyclic amines) is 1. The monoisotopic (exact) mass is 239 g/mol. The molecule has 3 N–H and O–H groups in total. The minimum absolute atomic E-state index is 0.0373. The van der Waals surface area contributed by atoms with Crippen LogP contribution in [0.15, 0.2) is 0 Å². The number of amides is 2. The Morgan fingerprint density at radius 3 is 2.65 bits per heavy atom. The fourth-order valence-corrected chi connectivity index (χ4v) is 2.94. The Morgan fingerprint density at radius 2 is 2.06 bits per heavy atom. The van der Waals surface area contributed by atoms with Gasteiger partial charge in [-0.3, -0.25) is 9.59 Å². The summed E-state index contributed by atoms with van der Waals surface area (Å²) in [5.41, 5.74) is 5.83. The summed E-state index contributed by atoms with van der Waals surface area (Å²) in [6.07, 6.45) is 4.27. The third-order valence-electron chi connectivity index (χ3n) is 3.91. The van der Waals surface area contributed by atoms with Crippen LogP contribution in [-0.2, 0) is 9.59 Å². The Bertz CT molecular complexity index is 319. The minimum atomic E-state index is -0.260. The van der Waals surface area contributed by atoms with Crippen LogP contribution in [0.25, 0.3) is 0 Å². The van der Waals surface area contributed by atoms with Gasteiger partial charge >= 0.3 is 0 Å². The smallest absolute Gasteiger partial charge is 0.242 e. The van der Waals surface area contributed by atoms with E-state index in [9.17, 15) is 9.59 Å². The topological polar surface area (TPSA) is 75.4 Å². The van der Waals surface area contributed by atoms with E-state index in [1.165, 1.54) is 0 Å². The summed E-state index contributed by atoms with van der Waals surface area (Å²) in [4.78, 5) is 25.7. The standard InChI is InChI=1S/C12H21N3O2/c1-14-11(16)10-3-2-6-15(10)12(17)8-4-5-9(13)7-8/h8-10H,2-7,13H2,1H3,(H,14,16)/t8-,9+,10-/m0/s1. The number of carbonyl (C=O) groups is 2. The van der Waals surface area contributed by atoms with Crippen molar-refractivity contribution in [3.63, 3.8) is 0 Å². The first kappa shape index (κ1) is 12.4. The van der Waals surface area contributed by atoms with Gasteiger partial charge in [0.1, 0.15) is 6.04 Å². The first-order valence-corrected chi connectivity index (χ1v) is 6.41. The van der Waals surface area contributed by atoms with E-state index in [0.29, 0.717) is 6.54 Å². The summed E-state index contributed by atoms with van der Waals surface area (Å²) >= 11 is 0. The molecule has 3 atom stereocenters. The molecule has 0 bridgehead atoms. The van der Waals surface area contributed by atoms with Crippen LogP contribution < -0.4 is 11.1 Å². The van der Waals surface area contributed by atoms with E-state index >= 15 is 0 Å². The lowest BCUT2D eigenvalue weighted by Gasteiger charge is -2.26. The van der Waals surface area contributed by atoms with E-state index in [2.05, 4.69) is 5.32 Å². The third-order valence-corrected chi connectivity index (χ3v) is 3.91. The molecule has 1 aliphatic heterocycles. The van der Waals surface area contributed by atoms with Crippen molar-refractivity contribution < 1.29 is 9.59 Å². The van der Waals surface area contributed by atoms with Gasteiger partial charge < -0.3 is 16.0 Å². The van der Waals surface area contributed by atoms with Crippen LogP contribution >= 0.6 is 0 Å². The van der Waals surface area contributed by atoms with E-state index in [-0.39, 0.29) is 29.8 Å². The Kier molecular flexibility index (Phi) is 3.66. The Hall–Kier alpha value is -1.10. The molecule has 0 radical (unpaired) electrons. The number of nitrogens with two attached hydrogens (primary N) is 1. The van der Waals surface area contributed by atoms with E-state index in [1.807, 2.05) is 0 Å². The molecule has 1 saturated heterocycles. The highest BCUT2D eigenvalue weighted by Gasteiger charge is 2.38. The lowest BCUT2D eigenvalue weighted by Crippen LogP contribution is -2.46. The molecule has 0 aromatic heterocycles. The van der Waals surface area contributed by atoms with Crippen molar-refractivity contribution in [1.82, 2.24) is 10.2 Å². The Labute approximate surface area is 102 Å². The van der Waals surface area contributed by atoms with Gasteiger partial charge in [-0.15, -0.1) is 0 Å². The van der Waals surface area contributed by atoms with Crippen LogP contribution in [-0.4, -0.2) is 42.4 Å². The van der Waals surface area contributed by atoms with Gasteiger partial charge in [-0.25, -0.2) is 0 Å². The van der Waals surface area contributed by atoms with Gasteiger partial charge in [0.15, 0.2) is 0 Å². The number of likely N-dealkylation sites (N-methyl/N-ethyl adjacent to an activating group) is 1. The molecular weight excluding hydrogens is 218 g/mol. The predicted octanol–water partition coefficient (Wildman–Crippen LogP) is -0.149. The fraction of sp³-hybridized carbons (Fsp3) is 0.833. The summed E-state index contributed by atoms with van der Waals surface area (Å²) in [7, 11) is 1.62. The summed E-state index contributed by atoms with van der Waals surface area (Å²) < 4.78 is 0. The van der Waals surface area contributed by atoms with Crippen molar-refractivity contribution in [2.45, 2.75) is 44.2 Å². The zero-order chi connectivity index (χ0) is 12.4. The number of hydrogen-bond donors (Lipinski definition) is 2. The number of rotatable bonds is 2. The molecule has 2 fully saturated rings. The minimum Gasteiger partial charge on any atom is -0.357 e. The number of hydrogen-bond acceptors (Lipinski definition) is 3. The molecule has 1 saturated carbocycles. The van der Waals surface area contributed by atoms with Crippen molar-refractivity contribution in [3.8, 4) is 0 Å². The van der Waals surface area contributed by atoms with Gasteiger partial charge in [0.2, 0.25) is 11.8 Å². The summed E-state index contributed by atoms with van der Waals surface area (Å²) in [6.45, 7) is 0.711. The van der Waals surface area contributed by atoms with Gasteiger partial charge in [0, 0.05) is 25.6 Å². The number of nitrogens with zero attached hydrogens (tertiary/aromatic N) is 1. The van der Waals surface area contributed by atoms with E-state index in [1.54, 1.807) is 11.9 Å². The average molecular weight is 239 g/mol. The van der Waals surface area contributed by atoms with Crippen molar-refractivity contribution in [2.24, 2.45) is 11.7 Å². The van der Waals surface area contributed by atoms with Crippen LogP contribution in [0.5, 0.6) is 0 Å². The van der Waals surface area contributed by atoms with Gasteiger partial charge in [-0.05, 0) is 32.1 Å². The lowest BCUT2D eigenvalue weighted by atomic mass is 10.1. The maximum absolute atomic E-state index is 12.3. The molecule has 5 nitrogen and oxygen atoms in total. The molecule has 96 valence electrons. The molecule has 2 rings (SSSR count). The molecule has 1 aliphatic carbocycles. The zero-order valence-electron chi connectivity index (χ0n) is 10.3. The summed E-state index contributed by atoms with van der Waals surface area (Å²) in [5, 5.41) is 2.63. The van der Waals surface area contributed by atoms with Crippen LogP contribution in [0.1, 0.15) is 32.1 Å². The number of nitrogens with one attached hydrogen (secondary N) is 1. The van der Waals surface area contributed by atoms with E-state index in [4.69, 9.17) is 5.73 Å². The average Bonchev–Trinajstić information content (AvgIpc) is 2.95. The van der Waals surface area contributed by atoms with Crippen LogP contribution in [0.3, 0.4) is 0 Å². The lowest BCUT2D eigenvalue weighted by molar-refractivity contribution is -0.141. The molecule has 0 spiro atoms. The van der Waals surface area contributed by atoms with E-state index in [0.717, 1.165) is 32.1 Å². The molecule has 2 aliphatic rings. The Balaban J connectivity index is 2.01. The molecule has 5 heteroatoms. The Morgan fingerprint density at radius 1 is 1.29 bits per heavy atom. The highest BCUT2D eigenvalue weighted by atomic mass is 16.2.